The molecule has 32 heavy (non-hydrogen) atoms. The molecular weight excluding hydrogens is 404 g/mol. The molecule has 0 amide bonds. The first-order chi connectivity index (χ1) is 15.5. The number of esters is 2. The molecule has 1 aromatic rings. The molecule has 1 fully saturated rings. The Morgan fingerprint density at radius 3 is 2.53 bits per heavy atom. The van der Waals surface area contributed by atoms with E-state index in [-0.39, 0.29) is 30.1 Å². The summed E-state index contributed by atoms with van der Waals surface area (Å²) in [5, 5.41) is 10.6. The standard InChI is InChI=1S/C27H40O5/c1-4-5-8-12-25(32-20(2)28)21-14-16-23(17-15-21)27-22(18-19-24(27)29)11-9-6-7-10-13-26(30)31-3/h6,9,14-17,22,24-25,27,29H,4-5,7-8,10-13,18-19H2,1-3H3/b9-6-/t22-,24-,25?,27-/m0/s1. The largest absolute Gasteiger partial charge is 0.469 e. The molecule has 0 saturated heterocycles. The van der Waals surface area contributed by atoms with Crippen molar-refractivity contribution in [3.63, 3.8) is 0 Å². The van der Waals surface area contributed by atoms with E-state index < -0.39 is 0 Å². The van der Waals surface area contributed by atoms with Crippen molar-refractivity contribution in [1.82, 2.24) is 0 Å². The van der Waals surface area contributed by atoms with E-state index in [2.05, 4.69) is 48.1 Å². The van der Waals surface area contributed by atoms with Crippen LogP contribution >= 0.6 is 0 Å². The van der Waals surface area contributed by atoms with Crippen LogP contribution in [0.4, 0.5) is 0 Å². The Morgan fingerprint density at radius 2 is 1.88 bits per heavy atom. The molecule has 1 aromatic carbocycles. The van der Waals surface area contributed by atoms with Crippen LogP contribution in [0.5, 0.6) is 0 Å². The van der Waals surface area contributed by atoms with Crippen LogP contribution < -0.4 is 0 Å². The van der Waals surface area contributed by atoms with E-state index in [9.17, 15) is 14.7 Å². The average molecular weight is 445 g/mol. The van der Waals surface area contributed by atoms with Gasteiger partial charge in [-0.25, -0.2) is 0 Å². The van der Waals surface area contributed by atoms with Gasteiger partial charge in [0.15, 0.2) is 0 Å². The maximum atomic E-state index is 11.6. The Hall–Kier alpha value is -2.14. The van der Waals surface area contributed by atoms with Gasteiger partial charge >= 0.3 is 11.9 Å². The Bertz CT molecular complexity index is 724. The number of ether oxygens (including phenoxy) is 2. The number of rotatable bonds is 13. The lowest BCUT2D eigenvalue weighted by Crippen LogP contribution is -2.17. The van der Waals surface area contributed by atoms with Crippen molar-refractivity contribution in [2.45, 2.75) is 96.2 Å². The van der Waals surface area contributed by atoms with Crippen molar-refractivity contribution in [2.75, 3.05) is 7.11 Å². The minimum absolute atomic E-state index is 0.121. The predicted molar refractivity (Wildman–Crippen MR) is 126 cm³/mol. The van der Waals surface area contributed by atoms with E-state index in [0.29, 0.717) is 12.3 Å². The lowest BCUT2D eigenvalue weighted by atomic mass is 9.85. The molecule has 5 heteroatoms. The number of carbonyl (C=O) groups excluding carboxylic acids is 2. The van der Waals surface area contributed by atoms with Gasteiger partial charge in [0.2, 0.25) is 0 Å². The summed E-state index contributed by atoms with van der Waals surface area (Å²) in [6.45, 7) is 3.63. The van der Waals surface area contributed by atoms with Gasteiger partial charge in [0.05, 0.1) is 13.2 Å². The zero-order valence-corrected chi connectivity index (χ0v) is 19.9. The lowest BCUT2D eigenvalue weighted by molar-refractivity contribution is -0.147. The van der Waals surface area contributed by atoms with Crippen LogP contribution in [0, 0.1) is 5.92 Å². The van der Waals surface area contributed by atoms with E-state index in [4.69, 9.17) is 4.74 Å². The number of aliphatic hydroxyl groups excluding tert-OH is 1. The predicted octanol–water partition coefficient (Wildman–Crippen LogP) is 6.02. The van der Waals surface area contributed by atoms with Crippen molar-refractivity contribution in [3.8, 4) is 0 Å². The van der Waals surface area contributed by atoms with Crippen molar-refractivity contribution >= 4 is 11.9 Å². The zero-order valence-electron chi connectivity index (χ0n) is 19.9. The summed E-state index contributed by atoms with van der Waals surface area (Å²) >= 11 is 0. The number of hydrogen-bond donors (Lipinski definition) is 1. The molecule has 0 heterocycles. The third kappa shape index (κ3) is 8.42. The molecule has 1 N–H and O–H groups in total. The van der Waals surface area contributed by atoms with Gasteiger partial charge < -0.3 is 14.6 Å². The monoisotopic (exact) mass is 444 g/mol. The molecule has 2 rings (SSSR count). The van der Waals surface area contributed by atoms with E-state index in [0.717, 1.165) is 68.9 Å². The fourth-order valence-corrected chi connectivity index (χ4v) is 4.68. The van der Waals surface area contributed by atoms with Gasteiger partial charge in [-0.3, -0.25) is 9.59 Å². The SMILES string of the molecule is CCCCCC(OC(C)=O)c1ccc([C@@H]2[C@@H](C/C=C\CCCC(=O)OC)CC[C@@H]2O)cc1. The van der Waals surface area contributed by atoms with Gasteiger partial charge in [-0.2, -0.15) is 0 Å². The van der Waals surface area contributed by atoms with Crippen LogP contribution in [0.25, 0.3) is 0 Å². The summed E-state index contributed by atoms with van der Waals surface area (Å²) in [6, 6.07) is 8.30. The maximum Gasteiger partial charge on any atom is 0.305 e. The third-order valence-corrected chi connectivity index (χ3v) is 6.41. The summed E-state index contributed by atoms with van der Waals surface area (Å²) < 4.78 is 10.2. The summed E-state index contributed by atoms with van der Waals surface area (Å²) in [5.41, 5.74) is 2.17. The topological polar surface area (TPSA) is 72.8 Å². The zero-order chi connectivity index (χ0) is 23.3. The van der Waals surface area contributed by atoms with Gasteiger partial charge in [0.1, 0.15) is 6.10 Å². The van der Waals surface area contributed by atoms with Crippen LogP contribution in [0.3, 0.4) is 0 Å². The van der Waals surface area contributed by atoms with Crippen LogP contribution in [0.15, 0.2) is 36.4 Å². The first kappa shape index (κ1) is 26.1. The fourth-order valence-electron chi connectivity index (χ4n) is 4.68. The molecule has 0 spiro atoms. The van der Waals surface area contributed by atoms with E-state index in [1.165, 1.54) is 14.0 Å². The van der Waals surface area contributed by atoms with E-state index in [1.54, 1.807) is 0 Å². The van der Waals surface area contributed by atoms with Gasteiger partial charge in [-0.15, -0.1) is 0 Å². The number of hydrogen-bond acceptors (Lipinski definition) is 5. The van der Waals surface area contributed by atoms with Crippen molar-refractivity contribution in [2.24, 2.45) is 5.92 Å². The molecule has 0 aromatic heterocycles. The molecule has 0 bridgehead atoms. The number of methoxy groups -OCH3 is 1. The van der Waals surface area contributed by atoms with Crippen LogP contribution in [0.2, 0.25) is 0 Å². The minimum atomic E-state index is -0.326. The van der Waals surface area contributed by atoms with Gasteiger partial charge in [-0.1, -0.05) is 56.2 Å². The highest BCUT2D eigenvalue weighted by Gasteiger charge is 2.35. The molecule has 1 aliphatic rings. The van der Waals surface area contributed by atoms with Gasteiger partial charge in [0, 0.05) is 19.3 Å². The Labute approximate surface area is 193 Å². The first-order valence-corrected chi connectivity index (χ1v) is 12.1. The smallest absolute Gasteiger partial charge is 0.305 e. The number of allylic oxidation sites excluding steroid dienone is 2. The molecule has 1 aliphatic carbocycles. The summed E-state index contributed by atoms with van der Waals surface area (Å²) in [7, 11) is 1.42. The number of benzene rings is 1. The van der Waals surface area contributed by atoms with E-state index >= 15 is 0 Å². The molecule has 5 nitrogen and oxygen atoms in total. The van der Waals surface area contributed by atoms with Crippen molar-refractivity contribution in [3.05, 3.63) is 47.5 Å². The van der Waals surface area contributed by atoms with Crippen molar-refractivity contribution < 1.29 is 24.2 Å². The fraction of sp³-hybridized carbons (Fsp3) is 0.630. The highest BCUT2D eigenvalue weighted by atomic mass is 16.5. The van der Waals surface area contributed by atoms with Crippen LogP contribution in [-0.2, 0) is 19.1 Å². The second-order valence-corrected chi connectivity index (χ2v) is 8.87. The van der Waals surface area contributed by atoms with Gasteiger partial charge in [-0.05, 0) is 62.0 Å². The molecule has 178 valence electrons. The Balaban J connectivity index is 1.97. The molecule has 1 unspecified atom stereocenters. The minimum Gasteiger partial charge on any atom is -0.469 e. The second-order valence-electron chi connectivity index (χ2n) is 8.87. The van der Waals surface area contributed by atoms with Crippen LogP contribution in [-0.4, -0.2) is 30.3 Å². The van der Waals surface area contributed by atoms with Crippen LogP contribution in [0.1, 0.15) is 101 Å². The van der Waals surface area contributed by atoms with Crippen molar-refractivity contribution in [1.29, 1.82) is 0 Å². The normalized spacial score (nSPS) is 21.6. The Morgan fingerprint density at radius 1 is 1.12 bits per heavy atom. The molecule has 4 atom stereocenters. The van der Waals surface area contributed by atoms with E-state index in [1.807, 2.05) is 0 Å². The molecule has 0 aliphatic heterocycles. The molecular formula is C27H40O5. The quantitative estimate of drug-likeness (QED) is 0.229. The highest BCUT2D eigenvalue weighted by molar-refractivity contribution is 5.69. The number of unbranched alkanes of at least 4 members (excludes halogenated alkanes) is 3. The molecule has 1 saturated carbocycles. The molecule has 0 radical (unpaired) electrons. The third-order valence-electron chi connectivity index (χ3n) is 6.41. The lowest BCUT2D eigenvalue weighted by Gasteiger charge is -2.23. The highest BCUT2D eigenvalue weighted by Crippen LogP contribution is 2.42. The second kappa shape index (κ2) is 14.1. The summed E-state index contributed by atoms with van der Waals surface area (Å²) in [4.78, 5) is 22.7. The number of aliphatic hydroxyl groups is 1. The number of carbonyl (C=O) groups is 2. The van der Waals surface area contributed by atoms with Gasteiger partial charge in [0.25, 0.3) is 0 Å². The maximum absolute atomic E-state index is 11.6. The average Bonchev–Trinajstić information content (AvgIpc) is 3.15. The summed E-state index contributed by atoms with van der Waals surface area (Å²) in [5.74, 6) is 0.111. The summed E-state index contributed by atoms with van der Waals surface area (Å²) in [6.07, 6.45) is 12.8. The Kier molecular flexibility index (Phi) is 11.5. The first-order valence-electron chi connectivity index (χ1n) is 12.1.